The van der Waals surface area contributed by atoms with Crippen LogP contribution in [0, 0.1) is 0 Å². The van der Waals surface area contributed by atoms with Crippen LogP contribution in [0.2, 0.25) is 0 Å². The number of anilines is 3. The van der Waals surface area contributed by atoms with Gasteiger partial charge in [0.25, 0.3) is 0 Å². The normalized spacial score (nSPS) is 11.2. The first-order valence-electron chi connectivity index (χ1n) is 19.2. The van der Waals surface area contributed by atoms with E-state index in [1.165, 1.54) is 72.0 Å². The van der Waals surface area contributed by atoms with E-state index in [9.17, 15) is 0 Å². The van der Waals surface area contributed by atoms with E-state index in [2.05, 4.69) is 240 Å². The molecule has 0 aliphatic rings. The third-order valence-electron chi connectivity index (χ3n) is 10.8. The Morgan fingerprint density at radius 3 is 1.36 bits per heavy atom. The first kappa shape index (κ1) is 33.2. The second-order valence-electron chi connectivity index (χ2n) is 14.1. The van der Waals surface area contributed by atoms with Crippen LogP contribution < -0.4 is 4.90 Å². The fourth-order valence-electron chi connectivity index (χ4n) is 8.23. The maximum Gasteiger partial charge on any atom is 0.0541 e. The molecule has 0 atom stereocenters. The Labute approximate surface area is 327 Å². The highest BCUT2D eigenvalue weighted by atomic mass is 15.1. The van der Waals surface area contributed by atoms with Gasteiger partial charge >= 0.3 is 0 Å². The van der Waals surface area contributed by atoms with E-state index in [0.29, 0.717) is 0 Å². The standard InChI is InChI=1S/C54H38N2/c1-3-17-41(18-4-1)45-21-7-8-23-47(45)48-24-10-14-28-52(48)55(43-19-5-2-6-20-43)44-37-35-40(36-38-44)39-31-33-42(34-32-39)46-22-9-13-27-51(46)56-53-29-15-11-25-49(53)50-26-12-16-30-54(50)56/h1-38H. The molecule has 56 heavy (non-hydrogen) atoms. The van der Waals surface area contributed by atoms with Gasteiger partial charge in [-0.3, -0.25) is 0 Å². The number of rotatable bonds is 8. The summed E-state index contributed by atoms with van der Waals surface area (Å²) in [5, 5.41) is 2.53. The summed E-state index contributed by atoms with van der Waals surface area (Å²) >= 11 is 0. The molecule has 10 rings (SSSR count). The predicted molar refractivity (Wildman–Crippen MR) is 237 cm³/mol. The maximum absolute atomic E-state index is 2.41. The Morgan fingerprint density at radius 2 is 0.696 bits per heavy atom. The third-order valence-corrected chi connectivity index (χ3v) is 10.8. The molecule has 10 aromatic rings. The number of aromatic nitrogens is 1. The van der Waals surface area contributed by atoms with E-state index in [0.717, 1.165) is 17.1 Å². The van der Waals surface area contributed by atoms with E-state index in [4.69, 9.17) is 0 Å². The first-order valence-corrected chi connectivity index (χ1v) is 19.2. The number of benzene rings is 9. The Bertz CT molecular complexity index is 2890. The number of nitrogens with zero attached hydrogens (tertiary/aromatic N) is 2. The summed E-state index contributed by atoms with van der Waals surface area (Å²) in [6, 6.07) is 82.9. The SMILES string of the molecule is c1ccc(-c2ccccc2-c2ccccc2N(c2ccccc2)c2ccc(-c3ccc(-c4ccccc4-n4c5ccccc5c5ccccc54)cc3)cc2)cc1. The molecule has 264 valence electrons. The highest BCUT2D eigenvalue weighted by molar-refractivity contribution is 6.09. The number of hydrogen-bond acceptors (Lipinski definition) is 1. The van der Waals surface area contributed by atoms with Gasteiger partial charge in [0.05, 0.1) is 22.4 Å². The van der Waals surface area contributed by atoms with E-state index in [1.807, 2.05) is 0 Å². The Morgan fingerprint density at radius 1 is 0.268 bits per heavy atom. The van der Waals surface area contributed by atoms with Crippen molar-refractivity contribution in [2.45, 2.75) is 0 Å². The molecule has 0 unspecified atom stereocenters. The Kier molecular flexibility index (Phi) is 8.55. The van der Waals surface area contributed by atoms with Crippen molar-refractivity contribution in [1.82, 2.24) is 4.57 Å². The van der Waals surface area contributed by atoms with Crippen molar-refractivity contribution in [2.75, 3.05) is 4.90 Å². The van der Waals surface area contributed by atoms with Gasteiger partial charge in [-0.2, -0.15) is 0 Å². The van der Waals surface area contributed by atoms with Crippen molar-refractivity contribution in [1.29, 1.82) is 0 Å². The molecule has 0 amide bonds. The average molecular weight is 715 g/mol. The molecule has 2 heteroatoms. The monoisotopic (exact) mass is 714 g/mol. The summed E-state index contributed by atoms with van der Waals surface area (Å²) in [4.78, 5) is 2.37. The van der Waals surface area contributed by atoms with Crippen LogP contribution in [0.3, 0.4) is 0 Å². The van der Waals surface area contributed by atoms with Crippen molar-refractivity contribution in [3.05, 3.63) is 231 Å². The second-order valence-corrected chi connectivity index (χ2v) is 14.1. The van der Waals surface area contributed by atoms with Crippen molar-refractivity contribution >= 4 is 38.9 Å². The molecule has 1 aromatic heterocycles. The molecule has 0 saturated heterocycles. The van der Waals surface area contributed by atoms with Crippen molar-refractivity contribution in [2.24, 2.45) is 0 Å². The molecule has 0 spiro atoms. The molecule has 0 saturated carbocycles. The minimum Gasteiger partial charge on any atom is -0.310 e. The zero-order valence-electron chi connectivity index (χ0n) is 30.8. The lowest BCUT2D eigenvalue weighted by Gasteiger charge is -2.28. The van der Waals surface area contributed by atoms with E-state index >= 15 is 0 Å². The molecular weight excluding hydrogens is 677 g/mol. The average Bonchev–Trinajstić information content (AvgIpc) is 3.62. The summed E-state index contributed by atoms with van der Waals surface area (Å²) in [6.45, 7) is 0. The lowest BCUT2D eigenvalue weighted by molar-refractivity contribution is 1.18. The summed E-state index contributed by atoms with van der Waals surface area (Å²) < 4.78 is 2.41. The minimum atomic E-state index is 1.10. The molecule has 0 fully saturated rings. The van der Waals surface area contributed by atoms with Crippen molar-refractivity contribution < 1.29 is 0 Å². The quantitative estimate of drug-likeness (QED) is 0.152. The Balaban J connectivity index is 1.01. The highest BCUT2D eigenvalue weighted by Crippen LogP contribution is 2.44. The van der Waals surface area contributed by atoms with Gasteiger partial charge in [-0.05, 0) is 81.9 Å². The zero-order valence-corrected chi connectivity index (χ0v) is 30.8. The summed E-state index contributed by atoms with van der Waals surface area (Å²) in [7, 11) is 0. The fraction of sp³-hybridized carbons (Fsp3) is 0. The molecule has 9 aromatic carbocycles. The molecule has 0 aliphatic carbocycles. The van der Waals surface area contributed by atoms with Crippen LogP contribution in [0.1, 0.15) is 0 Å². The second kappa shape index (κ2) is 14.4. The molecule has 2 nitrogen and oxygen atoms in total. The van der Waals surface area contributed by atoms with Crippen LogP contribution in [0.15, 0.2) is 231 Å². The van der Waals surface area contributed by atoms with Gasteiger partial charge in [-0.25, -0.2) is 0 Å². The van der Waals surface area contributed by atoms with E-state index < -0.39 is 0 Å². The molecule has 0 aliphatic heterocycles. The zero-order chi connectivity index (χ0) is 37.3. The third kappa shape index (κ3) is 5.95. The van der Waals surface area contributed by atoms with Gasteiger partial charge in [-0.1, -0.05) is 182 Å². The molecular formula is C54H38N2. The smallest absolute Gasteiger partial charge is 0.0541 e. The Hall–Kier alpha value is -7.42. The van der Waals surface area contributed by atoms with Crippen LogP contribution in [0.5, 0.6) is 0 Å². The first-order chi connectivity index (χ1) is 27.8. The van der Waals surface area contributed by atoms with Crippen LogP contribution in [-0.4, -0.2) is 4.57 Å². The topological polar surface area (TPSA) is 8.17 Å². The molecule has 1 heterocycles. The lowest BCUT2D eigenvalue weighted by Crippen LogP contribution is -2.11. The van der Waals surface area contributed by atoms with Gasteiger partial charge in [-0.15, -0.1) is 0 Å². The predicted octanol–water partition coefficient (Wildman–Crippen LogP) is 14.9. The fourth-order valence-corrected chi connectivity index (χ4v) is 8.23. The van der Waals surface area contributed by atoms with E-state index in [1.54, 1.807) is 0 Å². The number of para-hydroxylation sites is 5. The summed E-state index contributed by atoms with van der Waals surface area (Å²) in [5.74, 6) is 0. The van der Waals surface area contributed by atoms with Crippen LogP contribution in [-0.2, 0) is 0 Å². The molecule has 0 bridgehead atoms. The van der Waals surface area contributed by atoms with E-state index in [-0.39, 0.29) is 0 Å². The van der Waals surface area contributed by atoms with Crippen molar-refractivity contribution in [3.8, 4) is 50.2 Å². The largest absolute Gasteiger partial charge is 0.310 e. The van der Waals surface area contributed by atoms with Crippen LogP contribution in [0.4, 0.5) is 17.1 Å². The summed E-state index contributed by atoms with van der Waals surface area (Å²) in [6.07, 6.45) is 0. The number of fused-ring (bicyclic) bond motifs is 3. The van der Waals surface area contributed by atoms with Gasteiger partial charge in [0.15, 0.2) is 0 Å². The van der Waals surface area contributed by atoms with Crippen LogP contribution >= 0.6 is 0 Å². The number of hydrogen-bond donors (Lipinski definition) is 0. The van der Waals surface area contributed by atoms with Gasteiger partial charge < -0.3 is 9.47 Å². The van der Waals surface area contributed by atoms with Crippen molar-refractivity contribution in [3.63, 3.8) is 0 Å². The van der Waals surface area contributed by atoms with Gasteiger partial charge in [0.2, 0.25) is 0 Å². The van der Waals surface area contributed by atoms with Gasteiger partial charge in [0.1, 0.15) is 0 Å². The molecule has 0 N–H and O–H groups in total. The summed E-state index contributed by atoms with van der Waals surface area (Å²) in [5.41, 5.74) is 16.5. The van der Waals surface area contributed by atoms with Crippen LogP contribution in [0.25, 0.3) is 72.0 Å². The lowest BCUT2D eigenvalue weighted by atomic mass is 9.93. The maximum atomic E-state index is 2.41. The minimum absolute atomic E-state index is 1.10. The molecule has 0 radical (unpaired) electrons. The van der Waals surface area contributed by atoms with Gasteiger partial charge in [0, 0.05) is 33.3 Å². The highest BCUT2D eigenvalue weighted by Gasteiger charge is 2.19.